The van der Waals surface area contributed by atoms with E-state index in [1.165, 1.54) is 12.8 Å². The number of hydrogen-bond acceptors (Lipinski definition) is 4. The Hall–Kier alpha value is -0.610. The lowest BCUT2D eigenvalue weighted by Crippen LogP contribution is -2.35. The lowest BCUT2D eigenvalue weighted by atomic mass is 10.1. The molecule has 4 heteroatoms. The first-order valence-electron chi connectivity index (χ1n) is 4.77. The van der Waals surface area contributed by atoms with Crippen molar-refractivity contribution in [2.24, 2.45) is 17.6 Å². The first-order chi connectivity index (χ1) is 6.27. The lowest BCUT2D eigenvalue weighted by molar-refractivity contribution is -0.149. The quantitative estimate of drug-likeness (QED) is 0.624. The fourth-order valence-electron chi connectivity index (χ4n) is 1.41. The molecule has 2 fully saturated rings. The monoisotopic (exact) mass is 185 g/mol. The minimum absolute atomic E-state index is 0.174. The van der Waals surface area contributed by atoms with E-state index in [0.29, 0.717) is 25.7 Å². The van der Waals surface area contributed by atoms with Gasteiger partial charge in [0, 0.05) is 6.04 Å². The summed E-state index contributed by atoms with van der Waals surface area (Å²) in [5.41, 5.74) is 5.68. The largest absolute Gasteiger partial charge is 0.465 e. The van der Waals surface area contributed by atoms with E-state index in [1.54, 1.807) is 0 Å². The highest BCUT2D eigenvalue weighted by Crippen LogP contribution is 2.29. The van der Waals surface area contributed by atoms with Crippen LogP contribution in [0.15, 0.2) is 0 Å². The summed E-state index contributed by atoms with van der Waals surface area (Å²) < 4.78 is 10.2. The second-order valence-corrected chi connectivity index (χ2v) is 3.88. The van der Waals surface area contributed by atoms with E-state index in [-0.39, 0.29) is 17.9 Å². The molecule has 1 aliphatic carbocycles. The SMILES string of the molecule is NC1COCC1C(=O)OCC1CC1. The van der Waals surface area contributed by atoms with Gasteiger partial charge in [-0.05, 0) is 18.8 Å². The molecule has 0 spiro atoms. The van der Waals surface area contributed by atoms with Crippen LogP contribution in [0.1, 0.15) is 12.8 Å². The minimum atomic E-state index is -0.237. The smallest absolute Gasteiger partial charge is 0.312 e. The third kappa shape index (κ3) is 2.19. The van der Waals surface area contributed by atoms with Crippen LogP contribution >= 0.6 is 0 Å². The van der Waals surface area contributed by atoms with Gasteiger partial charge < -0.3 is 15.2 Å². The zero-order valence-corrected chi connectivity index (χ0v) is 7.57. The summed E-state index contributed by atoms with van der Waals surface area (Å²) in [6.45, 7) is 1.47. The van der Waals surface area contributed by atoms with Gasteiger partial charge in [-0.25, -0.2) is 0 Å². The molecule has 1 saturated carbocycles. The van der Waals surface area contributed by atoms with Crippen molar-refractivity contribution in [1.82, 2.24) is 0 Å². The Labute approximate surface area is 77.4 Å². The lowest BCUT2D eigenvalue weighted by Gasteiger charge is -2.11. The van der Waals surface area contributed by atoms with Crippen LogP contribution in [0.4, 0.5) is 0 Å². The molecule has 2 aliphatic rings. The van der Waals surface area contributed by atoms with Crippen molar-refractivity contribution in [3.8, 4) is 0 Å². The molecule has 1 heterocycles. The number of nitrogens with two attached hydrogens (primary N) is 1. The zero-order valence-electron chi connectivity index (χ0n) is 7.57. The van der Waals surface area contributed by atoms with Crippen LogP contribution in [0, 0.1) is 11.8 Å². The summed E-state index contributed by atoms with van der Waals surface area (Å²) in [6.07, 6.45) is 2.39. The van der Waals surface area contributed by atoms with Gasteiger partial charge in [0.05, 0.1) is 25.7 Å². The number of carbonyl (C=O) groups excluding carboxylic acids is 1. The van der Waals surface area contributed by atoms with Crippen LogP contribution in [-0.2, 0) is 14.3 Å². The van der Waals surface area contributed by atoms with Gasteiger partial charge in [-0.2, -0.15) is 0 Å². The normalized spacial score (nSPS) is 33.3. The molecule has 2 rings (SSSR count). The van der Waals surface area contributed by atoms with Gasteiger partial charge in [-0.15, -0.1) is 0 Å². The van der Waals surface area contributed by atoms with Gasteiger partial charge in [-0.3, -0.25) is 4.79 Å². The molecule has 2 atom stereocenters. The zero-order chi connectivity index (χ0) is 9.26. The average molecular weight is 185 g/mol. The van der Waals surface area contributed by atoms with E-state index in [4.69, 9.17) is 15.2 Å². The maximum atomic E-state index is 11.4. The van der Waals surface area contributed by atoms with Gasteiger partial charge in [0.1, 0.15) is 0 Å². The summed E-state index contributed by atoms with van der Waals surface area (Å²) in [7, 11) is 0. The highest BCUT2D eigenvalue weighted by Gasteiger charge is 2.33. The topological polar surface area (TPSA) is 61.5 Å². The summed E-state index contributed by atoms with van der Waals surface area (Å²) in [4.78, 5) is 11.4. The molecular weight excluding hydrogens is 170 g/mol. The fraction of sp³-hybridized carbons (Fsp3) is 0.889. The predicted molar refractivity (Wildman–Crippen MR) is 46.0 cm³/mol. The minimum Gasteiger partial charge on any atom is -0.465 e. The Morgan fingerprint density at radius 2 is 2.23 bits per heavy atom. The van der Waals surface area contributed by atoms with Gasteiger partial charge in [-0.1, -0.05) is 0 Å². The molecule has 2 N–H and O–H groups in total. The van der Waals surface area contributed by atoms with E-state index in [2.05, 4.69) is 0 Å². The number of hydrogen-bond donors (Lipinski definition) is 1. The molecule has 2 unspecified atom stereocenters. The van der Waals surface area contributed by atoms with Crippen molar-refractivity contribution < 1.29 is 14.3 Å². The van der Waals surface area contributed by atoms with Crippen molar-refractivity contribution >= 4 is 5.97 Å². The van der Waals surface area contributed by atoms with Gasteiger partial charge >= 0.3 is 5.97 Å². The number of carbonyl (C=O) groups is 1. The molecule has 0 amide bonds. The summed E-state index contributed by atoms with van der Waals surface area (Å²) in [5.74, 6) is 0.193. The van der Waals surface area contributed by atoms with Crippen molar-refractivity contribution in [2.75, 3.05) is 19.8 Å². The highest BCUT2D eigenvalue weighted by molar-refractivity contribution is 5.73. The Balaban J connectivity index is 1.74. The molecule has 0 radical (unpaired) electrons. The molecular formula is C9H15NO3. The number of esters is 1. The van der Waals surface area contributed by atoms with Crippen LogP contribution < -0.4 is 5.73 Å². The third-order valence-corrected chi connectivity index (χ3v) is 2.59. The van der Waals surface area contributed by atoms with Gasteiger partial charge in [0.15, 0.2) is 0 Å². The Morgan fingerprint density at radius 1 is 1.46 bits per heavy atom. The third-order valence-electron chi connectivity index (χ3n) is 2.59. The molecule has 1 saturated heterocycles. The van der Waals surface area contributed by atoms with E-state index >= 15 is 0 Å². The summed E-state index contributed by atoms with van der Waals surface area (Å²) in [5, 5.41) is 0. The van der Waals surface area contributed by atoms with Crippen LogP contribution in [0.25, 0.3) is 0 Å². The van der Waals surface area contributed by atoms with E-state index in [9.17, 15) is 4.79 Å². The molecule has 0 aromatic rings. The van der Waals surface area contributed by atoms with Crippen LogP contribution in [0.3, 0.4) is 0 Å². The molecule has 0 bridgehead atoms. The fourth-order valence-corrected chi connectivity index (χ4v) is 1.41. The number of rotatable bonds is 3. The second kappa shape index (κ2) is 3.64. The van der Waals surface area contributed by atoms with Crippen molar-refractivity contribution in [3.05, 3.63) is 0 Å². The molecule has 0 aromatic heterocycles. The van der Waals surface area contributed by atoms with Crippen molar-refractivity contribution in [1.29, 1.82) is 0 Å². The summed E-state index contributed by atoms with van der Waals surface area (Å²) in [6, 6.07) is -0.174. The Kier molecular flexibility index (Phi) is 2.51. The van der Waals surface area contributed by atoms with E-state index in [1.807, 2.05) is 0 Å². The highest BCUT2D eigenvalue weighted by atomic mass is 16.5. The molecule has 74 valence electrons. The van der Waals surface area contributed by atoms with Crippen molar-refractivity contribution in [2.45, 2.75) is 18.9 Å². The van der Waals surface area contributed by atoms with Crippen LogP contribution in [0.2, 0.25) is 0 Å². The molecule has 4 nitrogen and oxygen atoms in total. The first kappa shape index (κ1) is 8.97. The predicted octanol–water partition coefficient (Wildman–Crippen LogP) is -0.0867. The van der Waals surface area contributed by atoms with E-state index in [0.717, 1.165) is 0 Å². The molecule has 13 heavy (non-hydrogen) atoms. The van der Waals surface area contributed by atoms with Gasteiger partial charge in [0.2, 0.25) is 0 Å². The molecule has 1 aliphatic heterocycles. The van der Waals surface area contributed by atoms with E-state index < -0.39 is 0 Å². The van der Waals surface area contributed by atoms with Crippen LogP contribution in [0.5, 0.6) is 0 Å². The molecule has 0 aromatic carbocycles. The maximum Gasteiger partial charge on any atom is 0.312 e. The maximum absolute atomic E-state index is 11.4. The van der Waals surface area contributed by atoms with Crippen LogP contribution in [-0.4, -0.2) is 31.8 Å². The van der Waals surface area contributed by atoms with Gasteiger partial charge in [0.25, 0.3) is 0 Å². The average Bonchev–Trinajstić information content (AvgIpc) is 2.84. The van der Waals surface area contributed by atoms with Crippen molar-refractivity contribution in [3.63, 3.8) is 0 Å². The standard InChI is InChI=1S/C9H15NO3/c10-8-5-12-4-7(8)9(11)13-3-6-1-2-6/h6-8H,1-5,10H2. The first-order valence-corrected chi connectivity index (χ1v) is 4.77. The number of ether oxygens (including phenoxy) is 2. The Morgan fingerprint density at radius 3 is 2.77 bits per heavy atom. The second-order valence-electron chi connectivity index (χ2n) is 3.88. The summed E-state index contributed by atoms with van der Waals surface area (Å²) >= 11 is 0. The Bertz CT molecular complexity index is 203.